The predicted molar refractivity (Wildman–Crippen MR) is 72.0 cm³/mol. The summed E-state index contributed by atoms with van der Waals surface area (Å²) in [5.41, 5.74) is 5.37. The van der Waals surface area contributed by atoms with E-state index >= 15 is 0 Å². The number of rotatable bonds is 1. The van der Waals surface area contributed by atoms with Crippen molar-refractivity contribution >= 4 is 5.69 Å². The van der Waals surface area contributed by atoms with Crippen molar-refractivity contribution in [2.24, 2.45) is 0 Å². The van der Waals surface area contributed by atoms with E-state index < -0.39 is 0 Å². The summed E-state index contributed by atoms with van der Waals surface area (Å²) < 4.78 is 11.8. The molecule has 3 heteroatoms. The highest BCUT2D eigenvalue weighted by Crippen LogP contribution is 2.35. The zero-order valence-corrected chi connectivity index (χ0v) is 11.2. The number of fused-ring (bicyclic) bond motifs is 1. The third-order valence-electron chi connectivity index (χ3n) is 4.09. The van der Waals surface area contributed by atoms with Gasteiger partial charge in [0, 0.05) is 25.6 Å². The van der Waals surface area contributed by atoms with Crippen molar-refractivity contribution in [3.8, 4) is 0 Å². The normalized spacial score (nSPS) is 21.7. The number of hydrogen-bond acceptors (Lipinski definition) is 3. The van der Waals surface area contributed by atoms with E-state index in [1.165, 1.54) is 22.4 Å². The lowest BCUT2D eigenvalue weighted by molar-refractivity contribution is -0.160. The average molecular weight is 247 g/mol. The lowest BCUT2D eigenvalue weighted by Crippen LogP contribution is -2.32. The number of nitrogens with one attached hydrogen (secondary N) is 1. The Bertz CT molecular complexity index is 450. The van der Waals surface area contributed by atoms with Gasteiger partial charge in [0.1, 0.15) is 0 Å². The molecule has 3 nitrogen and oxygen atoms in total. The molecule has 1 N–H and O–H groups in total. The largest absolute Gasteiger partial charge is 0.388 e. The lowest BCUT2D eigenvalue weighted by atomic mass is 9.97. The molecule has 0 radical (unpaired) electrons. The molecule has 1 spiro atoms. The van der Waals surface area contributed by atoms with Crippen LogP contribution in [-0.4, -0.2) is 26.0 Å². The van der Waals surface area contributed by atoms with Crippen LogP contribution in [-0.2, 0) is 22.3 Å². The molecular weight excluding hydrogens is 226 g/mol. The standard InChI is InChI=1S/C15H21NO2/c1-11-8-13-10-15(17-6-7-18-15)5-3-4-12(13)9-14(11)16-2/h8-9,16H,3-7,10H2,1-2H3. The van der Waals surface area contributed by atoms with Crippen molar-refractivity contribution in [2.45, 2.75) is 38.4 Å². The first-order valence-corrected chi connectivity index (χ1v) is 6.80. The van der Waals surface area contributed by atoms with Gasteiger partial charge in [-0.3, -0.25) is 0 Å². The van der Waals surface area contributed by atoms with Crippen molar-refractivity contribution in [2.75, 3.05) is 25.6 Å². The average Bonchev–Trinajstić information content (AvgIpc) is 2.72. The smallest absolute Gasteiger partial charge is 0.172 e. The van der Waals surface area contributed by atoms with Crippen LogP contribution in [0.1, 0.15) is 29.5 Å². The summed E-state index contributed by atoms with van der Waals surface area (Å²) in [6.07, 6.45) is 4.17. The molecule has 0 aromatic heterocycles. The van der Waals surface area contributed by atoms with Crippen LogP contribution >= 0.6 is 0 Å². The van der Waals surface area contributed by atoms with Crippen LogP contribution in [0.5, 0.6) is 0 Å². The van der Waals surface area contributed by atoms with Crippen LogP contribution in [0.2, 0.25) is 0 Å². The number of aryl methyl sites for hydroxylation is 2. The maximum Gasteiger partial charge on any atom is 0.172 e. The fraction of sp³-hybridized carbons (Fsp3) is 0.600. The lowest BCUT2D eigenvalue weighted by Gasteiger charge is -2.26. The van der Waals surface area contributed by atoms with Crippen LogP contribution in [0.25, 0.3) is 0 Å². The third kappa shape index (κ3) is 2.02. The van der Waals surface area contributed by atoms with E-state index in [1.807, 2.05) is 7.05 Å². The van der Waals surface area contributed by atoms with Gasteiger partial charge in [-0.05, 0) is 42.5 Å². The van der Waals surface area contributed by atoms with Gasteiger partial charge in [-0.2, -0.15) is 0 Å². The maximum absolute atomic E-state index is 5.88. The Kier molecular flexibility index (Phi) is 3.04. The molecular formula is C15H21NO2. The summed E-state index contributed by atoms with van der Waals surface area (Å²) in [7, 11) is 1.98. The highest BCUT2D eigenvalue weighted by Gasteiger charge is 2.38. The number of ether oxygens (including phenoxy) is 2. The van der Waals surface area contributed by atoms with Gasteiger partial charge >= 0.3 is 0 Å². The van der Waals surface area contributed by atoms with Crippen molar-refractivity contribution in [1.82, 2.24) is 0 Å². The van der Waals surface area contributed by atoms with Crippen LogP contribution in [0, 0.1) is 6.92 Å². The van der Waals surface area contributed by atoms with Crippen molar-refractivity contribution in [3.63, 3.8) is 0 Å². The molecule has 1 saturated heterocycles. The zero-order chi connectivity index (χ0) is 12.6. The minimum Gasteiger partial charge on any atom is -0.388 e. The number of hydrogen-bond donors (Lipinski definition) is 1. The Morgan fingerprint density at radius 1 is 1.17 bits per heavy atom. The van der Waals surface area contributed by atoms with Crippen molar-refractivity contribution in [3.05, 3.63) is 28.8 Å². The number of benzene rings is 1. The minimum absolute atomic E-state index is 0.334. The highest BCUT2D eigenvalue weighted by atomic mass is 16.7. The minimum atomic E-state index is -0.334. The molecule has 98 valence electrons. The van der Waals surface area contributed by atoms with Crippen molar-refractivity contribution in [1.29, 1.82) is 0 Å². The number of anilines is 1. The second-order valence-electron chi connectivity index (χ2n) is 5.32. The molecule has 1 aliphatic heterocycles. The molecule has 0 amide bonds. The van der Waals surface area contributed by atoms with E-state index in [4.69, 9.17) is 9.47 Å². The molecule has 1 aromatic rings. The van der Waals surface area contributed by atoms with Crippen LogP contribution in [0.15, 0.2) is 12.1 Å². The van der Waals surface area contributed by atoms with Gasteiger partial charge < -0.3 is 14.8 Å². The van der Waals surface area contributed by atoms with Crippen LogP contribution in [0.4, 0.5) is 5.69 Å². The zero-order valence-electron chi connectivity index (χ0n) is 11.2. The summed E-state index contributed by atoms with van der Waals surface area (Å²) in [4.78, 5) is 0. The molecule has 1 aromatic carbocycles. The summed E-state index contributed by atoms with van der Waals surface area (Å²) in [5.74, 6) is -0.334. The first-order chi connectivity index (χ1) is 8.72. The predicted octanol–water partition coefficient (Wildman–Crippen LogP) is 2.66. The van der Waals surface area contributed by atoms with E-state index in [0.717, 1.165) is 38.9 Å². The van der Waals surface area contributed by atoms with E-state index in [-0.39, 0.29) is 5.79 Å². The molecule has 1 fully saturated rings. The van der Waals surface area contributed by atoms with Gasteiger partial charge in [0.05, 0.1) is 13.2 Å². The van der Waals surface area contributed by atoms with Gasteiger partial charge in [-0.15, -0.1) is 0 Å². The molecule has 0 bridgehead atoms. The Hall–Kier alpha value is -1.06. The molecule has 0 unspecified atom stereocenters. The van der Waals surface area contributed by atoms with Gasteiger partial charge in [0.15, 0.2) is 5.79 Å². The molecule has 2 aliphatic rings. The second kappa shape index (κ2) is 4.56. The molecule has 1 aliphatic carbocycles. The summed E-state index contributed by atoms with van der Waals surface area (Å²) >= 11 is 0. The first kappa shape index (κ1) is 12.0. The third-order valence-corrected chi connectivity index (χ3v) is 4.09. The fourth-order valence-corrected chi connectivity index (χ4v) is 3.15. The van der Waals surface area contributed by atoms with Crippen molar-refractivity contribution < 1.29 is 9.47 Å². The van der Waals surface area contributed by atoms with Gasteiger partial charge in [-0.1, -0.05) is 6.07 Å². The summed E-state index contributed by atoms with van der Waals surface area (Å²) in [6, 6.07) is 4.58. The quantitative estimate of drug-likeness (QED) is 0.827. The maximum atomic E-state index is 5.88. The van der Waals surface area contributed by atoms with E-state index in [0.29, 0.717) is 0 Å². The molecule has 3 rings (SSSR count). The first-order valence-electron chi connectivity index (χ1n) is 6.80. The fourth-order valence-electron chi connectivity index (χ4n) is 3.15. The molecule has 1 heterocycles. The Labute approximate surface area is 108 Å². The van der Waals surface area contributed by atoms with Gasteiger partial charge in [0.25, 0.3) is 0 Å². The molecule has 0 saturated carbocycles. The monoisotopic (exact) mass is 247 g/mol. The van der Waals surface area contributed by atoms with E-state index in [1.54, 1.807) is 0 Å². The van der Waals surface area contributed by atoms with Crippen LogP contribution in [0.3, 0.4) is 0 Å². The van der Waals surface area contributed by atoms with Gasteiger partial charge in [0.2, 0.25) is 0 Å². The van der Waals surface area contributed by atoms with Gasteiger partial charge in [-0.25, -0.2) is 0 Å². The van der Waals surface area contributed by atoms with E-state index in [2.05, 4.69) is 24.4 Å². The molecule has 0 atom stereocenters. The van der Waals surface area contributed by atoms with E-state index in [9.17, 15) is 0 Å². The topological polar surface area (TPSA) is 30.5 Å². The summed E-state index contributed by atoms with van der Waals surface area (Å²) in [6.45, 7) is 3.63. The Morgan fingerprint density at radius 3 is 2.67 bits per heavy atom. The Balaban J connectivity index is 1.97. The Morgan fingerprint density at radius 2 is 1.94 bits per heavy atom. The SMILES string of the molecule is CNc1cc2c(cc1C)CC1(CCC2)OCCO1. The molecule has 18 heavy (non-hydrogen) atoms. The summed E-state index contributed by atoms with van der Waals surface area (Å²) in [5, 5.41) is 3.26. The second-order valence-corrected chi connectivity index (χ2v) is 5.32. The highest BCUT2D eigenvalue weighted by molar-refractivity contribution is 5.55. The van der Waals surface area contributed by atoms with Crippen LogP contribution < -0.4 is 5.32 Å².